The Bertz CT molecular complexity index is 660. The molecule has 1 aromatic heterocycles. The molecule has 3 rings (SSSR count). The van der Waals surface area contributed by atoms with E-state index >= 15 is 0 Å². The fraction of sp³-hybridized carbons (Fsp3) is 0.333. The van der Waals surface area contributed by atoms with Crippen molar-refractivity contribution in [1.29, 1.82) is 0 Å². The van der Waals surface area contributed by atoms with Crippen LogP contribution >= 0.6 is 0 Å². The molecule has 0 saturated carbocycles. The third kappa shape index (κ3) is 2.20. The van der Waals surface area contributed by atoms with Crippen molar-refractivity contribution in [2.75, 3.05) is 7.11 Å². The van der Waals surface area contributed by atoms with Crippen molar-refractivity contribution in [3.8, 4) is 11.5 Å². The molecule has 5 heteroatoms. The quantitative estimate of drug-likeness (QED) is 0.927. The molecule has 1 N–H and O–H groups in total. The molecule has 1 aromatic carbocycles. The highest BCUT2D eigenvalue weighted by Gasteiger charge is 2.21. The summed E-state index contributed by atoms with van der Waals surface area (Å²) < 4.78 is 10.3. The minimum Gasteiger partial charge on any atom is -0.475 e. The summed E-state index contributed by atoms with van der Waals surface area (Å²) in [7, 11) is 1.50. The maximum Gasteiger partial charge on any atom is 0.373 e. The van der Waals surface area contributed by atoms with Gasteiger partial charge in [0.15, 0.2) is 0 Å². The fourth-order valence-electron chi connectivity index (χ4n) is 2.58. The van der Waals surface area contributed by atoms with Crippen LogP contribution in [0.5, 0.6) is 0 Å². The standard InChI is InChI=1S/C15H15NO4/c1-19-8-12-13(15(17)18)20-14(16-12)11-6-5-9-3-2-4-10(9)7-11/h5-7H,2-4,8H2,1H3,(H,17,18). The van der Waals surface area contributed by atoms with Crippen molar-refractivity contribution in [3.63, 3.8) is 0 Å². The number of aryl methyl sites for hydroxylation is 2. The summed E-state index contributed by atoms with van der Waals surface area (Å²) in [5.74, 6) is -0.941. The molecule has 0 spiro atoms. The lowest BCUT2D eigenvalue weighted by Gasteiger charge is -2.01. The maximum atomic E-state index is 11.1. The van der Waals surface area contributed by atoms with Crippen LogP contribution in [-0.2, 0) is 24.2 Å². The SMILES string of the molecule is COCc1nc(-c2ccc3c(c2)CCC3)oc1C(=O)O. The topological polar surface area (TPSA) is 72.6 Å². The lowest BCUT2D eigenvalue weighted by Crippen LogP contribution is -2.00. The Kier molecular flexibility index (Phi) is 3.28. The summed E-state index contributed by atoms with van der Waals surface area (Å²) in [6, 6.07) is 6.03. The van der Waals surface area contributed by atoms with E-state index in [9.17, 15) is 4.79 Å². The second kappa shape index (κ2) is 5.09. The summed E-state index contributed by atoms with van der Waals surface area (Å²) in [5, 5.41) is 9.12. The third-order valence-electron chi connectivity index (χ3n) is 3.52. The highest BCUT2D eigenvalue weighted by Crippen LogP contribution is 2.29. The molecule has 20 heavy (non-hydrogen) atoms. The van der Waals surface area contributed by atoms with E-state index in [2.05, 4.69) is 11.1 Å². The Labute approximate surface area is 116 Å². The zero-order chi connectivity index (χ0) is 14.1. The molecular weight excluding hydrogens is 258 g/mol. The summed E-state index contributed by atoms with van der Waals surface area (Å²) in [6.45, 7) is 0.121. The first kappa shape index (κ1) is 12.9. The number of rotatable bonds is 4. The van der Waals surface area contributed by atoms with Gasteiger partial charge in [-0.3, -0.25) is 0 Å². The van der Waals surface area contributed by atoms with Gasteiger partial charge >= 0.3 is 5.97 Å². The van der Waals surface area contributed by atoms with Gasteiger partial charge < -0.3 is 14.3 Å². The van der Waals surface area contributed by atoms with Gasteiger partial charge in [0, 0.05) is 12.7 Å². The van der Waals surface area contributed by atoms with E-state index in [1.165, 1.54) is 24.7 Å². The number of benzene rings is 1. The number of methoxy groups -OCH3 is 1. The first-order valence-electron chi connectivity index (χ1n) is 6.53. The monoisotopic (exact) mass is 273 g/mol. The Hall–Kier alpha value is -2.14. The van der Waals surface area contributed by atoms with Crippen LogP contribution < -0.4 is 0 Å². The predicted octanol–water partition coefficient (Wildman–Crippen LogP) is 2.67. The molecule has 0 bridgehead atoms. The van der Waals surface area contributed by atoms with Crippen LogP contribution in [0, 0.1) is 0 Å². The number of aromatic nitrogens is 1. The molecular formula is C15H15NO4. The average Bonchev–Trinajstić information content (AvgIpc) is 3.04. The number of carbonyl (C=O) groups is 1. The van der Waals surface area contributed by atoms with E-state index in [1.54, 1.807) is 0 Å². The molecule has 0 unspecified atom stereocenters. The van der Waals surface area contributed by atoms with Crippen molar-refractivity contribution in [2.45, 2.75) is 25.9 Å². The largest absolute Gasteiger partial charge is 0.475 e. The van der Waals surface area contributed by atoms with E-state index in [0.29, 0.717) is 11.6 Å². The smallest absolute Gasteiger partial charge is 0.373 e. The highest BCUT2D eigenvalue weighted by molar-refractivity contribution is 5.86. The number of aromatic carboxylic acids is 1. The minimum atomic E-state index is -1.13. The third-order valence-corrected chi connectivity index (χ3v) is 3.52. The lowest BCUT2D eigenvalue weighted by atomic mass is 10.1. The van der Waals surface area contributed by atoms with Crippen molar-refractivity contribution in [3.05, 3.63) is 40.8 Å². The number of carboxylic acid groups (broad SMARTS) is 1. The Morgan fingerprint density at radius 3 is 2.95 bits per heavy atom. The summed E-state index contributed by atoms with van der Waals surface area (Å²) in [4.78, 5) is 15.4. The van der Waals surface area contributed by atoms with Crippen LogP contribution in [0.15, 0.2) is 22.6 Å². The van der Waals surface area contributed by atoms with Crippen molar-refractivity contribution >= 4 is 5.97 Å². The van der Waals surface area contributed by atoms with Crippen LogP contribution in [0.3, 0.4) is 0 Å². The van der Waals surface area contributed by atoms with Gasteiger partial charge in [-0.15, -0.1) is 0 Å². The first-order chi connectivity index (χ1) is 9.69. The first-order valence-corrected chi connectivity index (χ1v) is 6.53. The van der Waals surface area contributed by atoms with Gasteiger partial charge in [-0.25, -0.2) is 9.78 Å². The Morgan fingerprint density at radius 2 is 2.20 bits per heavy atom. The molecule has 0 fully saturated rings. The second-order valence-electron chi connectivity index (χ2n) is 4.87. The van der Waals surface area contributed by atoms with Crippen molar-refractivity contribution in [1.82, 2.24) is 4.98 Å². The molecule has 5 nitrogen and oxygen atoms in total. The van der Waals surface area contributed by atoms with Gasteiger partial charge in [-0.05, 0) is 42.5 Å². The molecule has 1 aliphatic carbocycles. The summed E-state index contributed by atoms with van der Waals surface area (Å²) in [6.07, 6.45) is 3.33. The summed E-state index contributed by atoms with van der Waals surface area (Å²) >= 11 is 0. The normalized spacial score (nSPS) is 13.4. The molecule has 0 saturated heterocycles. The highest BCUT2D eigenvalue weighted by atomic mass is 16.5. The second-order valence-corrected chi connectivity index (χ2v) is 4.87. The van der Waals surface area contributed by atoms with Crippen LogP contribution in [0.25, 0.3) is 11.5 Å². The van der Waals surface area contributed by atoms with E-state index in [4.69, 9.17) is 14.3 Å². The molecule has 1 heterocycles. The summed E-state index contributed by atoms with van der Waals surface area (Å²) in [5.41, 5.74) is 3.78. The van der Waals surface area contributed by atoms with Gasteiger partial charge in [0.05, 0.1) is 6.61 Å². The van der Waals surface area contributed by atoms with Crippen molar-refractivity contribution < 1.29 is 19.1 Å². The van der Waals surface area contributed by atoms with Gasteiger partial charge in [0.25, 0.3) is 0 Å². The molecule has 0 atom stereocenters. The van der Waals surface area contributed by atoms with Gasteiger partial charge in [-0.2, -0.15) is 0 Å². The Morgan fingerprint density at radius 1 is 1.40 bits per heavy atom. The maximum absolute atomic E-state index is 11.1. The Balaban J connectivity index is 2.01. The fourth-order valence-corrected chi connectivity index (χ4v) is 2.58. The number of nitrogens with zero attached hydrogens (tertiary/aromatic N) is 1. The number of ether oxygens (including phenoxy) is 1. The lowest BCUT2D eigenvalue weighted by molar-refractivity contribution is 0.0656. The van der Waals surface area contributed by atoms with Gasteiger partial charge in [0.2, 0.25) is 11.7 Å². The van der Waals surface area contributed by atoms with E-state index < -0.39 is 5.97 Å². The molecule has 104 valence electrons. The van der Waals surface area contributed by atoms with Crippen LogP contribution in [-0.4, -0.2) is 23.2 Å². The number of oxazole rings is 1. The van der Waals surface area contributed by atoms with Gasteiger partial charge in [0.1, 0.15) is 5.69 Å². The van der Waals surface area contributed by atoms with Crippen LogP contribution in [0.4, 0.5) is 0 Å². The number of hydrogen-bond donors (Lipinski definition) is 1. The molecule has 0 radical (unpaired) electrons. The van der Waals surface area contributed by atoms with E-state index in [1.807, 2.05) is 12.1 Å². The minimum absolute atomic E-state index is 0.121. The van der Waals surface area contributed by atoms with E-state index in [0.717, 1.165) is 18.4 Å². The molecule has 2 aromatic rings. The number of fused-ring (bicyclic) bond motifs is 1. The average molecular weight is 273 g/mol. The molecule has 1 aliphatic rings. The van der Waals surface area contributed by atoms with Crippen molar-refractivity contribution in [2.24, 2.45) is 0 Å². The predicted molar refractivity (Wildman–Crippen MR) is 71.6 cm³/mol. The van der Waals surface area contributed by atoms with Gasteiger partial charge in [-0.1, -0.05) is 6.07 Å². The number of hydrogen-bond acceptors (Lipinski definition) is 4. The molecule has 0 amide bonds. The zero-order valence-electron chi connectivity index (χ0n) is 11.2. The molecule has 0 aliphatic heterocycles. The zero-order valence-corrected chi connectivity index (χ0v) is 11.2. The van der Waals surface area contributed by atoms with E-state index in [-0.39, 0.29) is 12.4 Å². The van der Waals surface area contributed by atoms with Crippen LogP contribution in [0.1, 0.15) is 33.8 Å². The van der Waals surface area contributed by atoms with Crippen LogP contribution in [0.2, 0.25) is 0 Å². The number of carboxylic acids is 1.